The van der Waals surface area contributed by atoms with E-state index >= 15 is 0 Å². The van der Waals surface area contributed by atoms with Crippen molar-refractivity contribution in [3.63, 3.8) is 0 Å². The van der Waals surface area contributed by atoms with Crippen molar-refractivity contribution in [2.75, 3.05) is 11.1 Å². The predicted octanol–water partition coefficient (Wildman–Crippen LogP) is 5.60. The number of benzene rings is 1. The second kappa shape index (κ2) is 10.3. The SMILES string of the molecule is CCCn1c(SCCC(=O)Nc2sc3c(c2C#N)CCCC3)nnc1-c1cccc(C)c1. The molecule has 32 heavy (non-hydrogen) atoms. The van der Waals surface area contributed by atoms with Crippen LogP contribution in [0.1, 0.15) is 54.2 Å². The second-order valence-corrected chi connectivity index (χ2v) is 10.2. The Balaban J connectivity index is 1.40. The van der Waals surface area contributed by atoms with Crippen LogP contribution in [-0.2, 0) is 24.2 Å². The lowest BCUT2D eigenvalue weighted by Crippen LogP contribution is -2.12. The number of nitrogens with zero attached hydrogens (tertiary/aromatic N) is 4. The van der Waals surface area contributed by atoms with E-state index in [4.69, 9.17) is 0 Å². The van der Waals surface area contributed by atoms with Crippen LogP contribution in [0.15, 0.2) is 29.4 Å². The highest BCUT2D eigenvalue weighted by atomic mass is 32.2. The summed E-state index contributed by atoms with van der Waals surface area (Å²) in [6.07, 6.45) is 5.56. The standard InChI is InChI=1S/C24H27N5OS2/c1-3-12-29-22(17-8-6-7-16(2)14-17)27-28-24(29)31-13-11-21(30)26-23-19(15-25)18-9-4-5-10-20(18)32-23/h6-8,14H,3-5,9-13H2,1-2H3,(H,26,30). The summed E-state index contributed by atoms with van der Waals surface area (Å²) in [5.41, 5.74) is 4.05. The quantitative estimate of drug-likeness (QED) is 0.438. The van der Waals surface area contributed by atoms with Crippen molar-refractivity contribution in [3.8, 4) is 17.5 Å². The number of nitriles is 1. The number of thiophene rings is 1. The summed E-state index contributed by atoms with van der Waals surface area (Å²) in [6.45, 7) is 5.03. The Morgan fingerprint density at radius 3 is 2.94 bits per heavy atom. The Morgan fingerprint density at radius 2 is 2.16 bits per heavy atom. The maximum atomic E-state index is 12.6. The predicted molar refractivity (Wildman–Crippen MR) is 130 cm³/mol. The van der Waals surface area contributed by atoms with Gasteiger partial charge >= 0.3 is 0 Å². The molecule has 0 radical (unpaired) electrons. The number of amides is 1. The lowest BCUT2D eigenvalue weighted by atomic mass is 9.96. The Bertz CT molecular complexity index is 1160. The third kappa shape index (κ3) is 4.89. The van der Waals surface area contributed by atoms with Gasteiger partial charge in [-0.1, -0.05) is 42.4 Å². The molecule has 1 amide bonds. The first kappa shape index (κ1) is 22.6. The van der Waals surface area contributed by atoms with Crippen LogP contribution in [0, 0.1) is 18.3 Å². The van der Waals surface area contributed by atoms with Crippen LogP contribution in [0.2, 0.25) is 0 Å². The van der Waals surface area contributed by atoms with Gasteiger partial charge < -0.3 is 9.88 Å². The fraction of sp³-hybridized carbons (Fsp3) is 0.417. The molecule has 0 spiro atoms. The van der Waals surface area contributed by atoms with E-state index in [1.54, 1.807) is 23.1 Å². The number of aryl methyl sites for hydroxylation is 2. The van der Waals surface area contributed by atoms with Crippen molar-refractivity contribution < 1.29 is 4.79 Å². The highest BCUT2D eigenvalue weighted by Crippen LogP contribution is 2.37. The van der Waals surface area contributed by atoms with Gasteiger partial charge in [-0.25, -0.2) is 0 Å². The summed E-state index contributed by atoms with van der Waals surface area (Å²) in [4.78, 5) is 13.8. The lowest BCUT2D eigenvalue weighted by Gasteiger charge is -2.09. The number of carbonyl (C=O) groups is 1. The van der Waals surface area contributed by atoms with E-state index in [-0.39, 0.29) is 5.91 Å². The average Bonchev–Trinajstić information content (AvgIpc) is 3.34. The minimum atomic E-state index is -0.0620. The molecule has 1 aromatic carbocycles. The molecule has 0 fully saturated rings. The molecule has 1 N–H and O–H groups in total. The molecule has 1 aliphatic rings. The minimum absolute atomic E-state index is 0.0620. The zero-order valence-corrected chi connectivity index (χ0v) is 20.1. The van der Waals surface area contributed by atoms with E-state index in [2.05, 4.69) is 58.2 Å². The molecule has 1 aliphatic carbocycles. The first-order chi connectivity index (χ1) is 15.6. The van der Waals surface area contributed by atoms with Gasteiger partial charge in [0.25, 0.3) is 0 Å². The zero-order valence-electron chi connectivity index (χ0n) is 18.5. The smallest absolute Gasteiger partial charge is 0.225 e. The van der Waals surface area contributed by atoms with Gasteiger partial charge in [0.15, 0.2) is 11.0 Å². The molecule has 0 saturated heterocycles. The molecule has 0 unspecified atom stereocenters. The van der Waals surface area contributed by atoms with Crippen LogP contribution in [0.25, 0.3) is 11.4 Å². The summed E-state index contributed by atoms with van der Waals surface area (Å²) in [6, 6.07) is 10.6. The molecule has 166 valence electrons. The Morgan fingerprint density at radius 1 is 1.31 bits per heavy atom. The summed E-state index contributed by atoms with van der Waals surface area (Å²) in [7, 11) is 0. The van der Waals surface area contributed by atoms with Gasteiger partial charge in [-0.2, -0.15) is 5.26 Å². The van der Waals surface area contributed by atoms with Gasteiger partial charge in [0.05, 0.1) is 5.56 Å². The number of thioether (sulfide) groups is 1. The van der Waals surface area contributed by atoms with Gasteiger partial charge in [0, 0.05) is 29.2 Å². The van der Waals surface area contributed by atoms with Crippen molar-refractivity contribution in [2.24, 2.45) is 0 Å². The molecule has 3 aromatic rings. The molecule has 2 heterocycles. The lowest BCUT2D eigenvalue weighted by molar-refractivity contribution is -0.115. The van der Waals surface area contributed by atoms with E-state index in [1.165, 1.54) is 10.4 Å². The van der Waals surface area contributed by atoms with Crippen LogP contribution < -0.4 is 5.32 Å². The Kier molecular flexibility index (Phi) is 7.28. The fourth-order valence-corrected chi connectivity index (χ4v) is 6.17. The van der Waals surface area contributed by atoms with E-state index in [0.29, 0.717) is 22.7 Å². The Labute approximate surface area is 197 Å². The van der Waals surface area contributed by atoms with E-state index < -0.39 is 0 Å². The number of fused-ring (bicyclic) bond motifs is 1. The first-order valence-corrected chi connectivity index (χ1v) is 12.9. The molecular weight excluding hydrogens is 438 g/mol. The second-order valence-electron chi connectivity index (χ2n) is 8.00. The van der Waals surface area contributed by atoms with Gasteiger partial charge in [-0.05, 0) is 50.7 Å². The number of anilines is 1. The molecule has 0 aliphatic heterocycles. The molecule has 0 atom stereocenters. The number of carbonyl (C=O) groups excluding carboxylic acids is 1. The van der Waals surface area contributed by atoms with Crippen molar-refractivity contribution in [3.05, 3.63) is 45.8 Å². The number of aromatic nitrogens is 3. The molecule has 0 saturated carbocycles. The van der Waals surface area contributed by atoms with Crippen molar-refractivity contribution in [1.82, 2.24) is 14.8 Å². The number of nitrogens with one attached hydrogen (secondary N) is 1. The minimum Gasteiger partial charge on any atom is -0.317 e. The van der Waals surface area contributed by atoms with Gasteiger partial charge in [-0.15, -0.1) is 21.5 Å². The molecular formula is C24H27N5OS2. The van der Waals surface area contributed by atoms with Crippen LogP contribution in [0.5, 0.6) is 0 Å². The molecule has 8 heteroatoms. The van der Waals surface area contributed by atoms with Crippen LogP contribution >= 0.6 is 23.1 Å². The summed E-state index contributed by atoms with van der Waals surface area (Å²) in [5.74, 6) is 1.41. The molecule has 4 rings (SSSR count). The summed E-state index contributed by atoms with van der Waals surface area (Å²) < 4.78 is 2.14. The molecule has 2 aromatic heterocycles. The van der Waals surface area contributed by atoms with Crippen molar-refractivity contribution >= 4 is 34.0 Å². The number of hydrogen-bond donors (Lipinski definition) is 1. The average molecular weight is 466 g/mol. The monoisotopic (exact) mass is 465 g/mol. The summed E-state index contributed by atoms with van der Waals surface area (Å²) >= 11 is 3.12. The third-order valence-corrected chi connectivity index (χ3v) is 7.71. The molecule has 6 nitrogen and oxygen atoms in total. The van der Waals surface area contributed by atoms with Crippen LogP contribution in [0.4, 0.5) is 5.00 Å². The molecule has 0 bridgehead atoms. The number of hydrogen-bond acceptors (Lipinski definition) is 6. The van der Waals surface area contributed by atoms with Gasteiger partial charge in [0.1, 0.15) is 11.1 Å². The zero-order chi connectivity index (χ0) is 22.5. The van der Waals surface area contributed by atoms with E-state index in [9.17, 15) is 10.1 Å². The van der Waals surface area contributed by atoms with Crippen molar-refractivity contribution in [1.29, 1.82) is 5.26 Å². The summed E-state index contributed by atoms with van der Waals surface area (Å²) in [5, 5.41) is 22.9. The van der Waals surface area contributed by atoms with E-state index in [1.807, 2.05) is 6.07 Å². The normalized spacial score (nSPS) is 12.9. The first-order valence-electron chi connectivity index (χ1n) is 11.1. The fourth-order valence-electron chi connectivity index (χ4n) is 4.01. The topological polar surface area (TPSA) is 83.6 Å². The van der Waals surface area contributed by atoms with E-state index in [0.717, 1.165) is 60.8 Å². The van der Waals surface area contributed by atoms with Gasteiger partial charge in [0.2, 0.25) is 5.91 Å². The maximum absolute atomic E-state index is 12.6. The highest BCUT2D eigenvalue weighted by Gasteiger charge is 2.22. The third-order valence-electron chi connectivity index (χ3n) is 5.54. The van der Waals surface area contributed by atoms with Gasteiger partial charge in [-0.3, -0.25) is 4.79 Å². The highest BCUT2D eigenvalue weighted by molar-refractivity contribution is 7.99. The number of rotatable bonds is 8. The maximum Gasteiger partial charge on any atom is 0.225 e. The van der Waals surface area contributed by atoms with Crippen molar-refractivity contribution in [2.45, 2.75) is 64.1 Å². The van der Waals surface area contributed by atoms with Crippen LogP contribution in [-0.4, -0.2) is 26.4 Å². The Hall–Kier alpha value is -2.63. The van der Waals surface area contributed by atoms with Crippen LogP contribution in [0.3, 0.4) is 0 Å². The largest absolute Gasteiger partial charge is 0.317 e.